The number of rotatable bonds is 5. The predicted molar refractivity (Wildman–Crippen MR) is 110 cm³/mol. The van der Waals surface area contributed by atoms with E-state index in [9.17, 15) is 9.59 Å². The van der Waals surface area contributed by atoms with E-state index >= 15 is 0 Å². The summed E-state index contributed by atoms with van der Waals surface area (Å²) in [5.74, 6) is -0.435. The highest BCUT2D eigenvalue weighted by molar-refractivity contribution is 7.14. The summed E-state index contributed by atoms with van der Waals surface area (Å²) >= 11 is 1.44. The maximum atomic E-state index is 13.4. The number of aromatic nitrogens is 1. The van der Waals surface area contributed by atoms with Crippen LogP contribution < -0.4 is 4.90 Å². The van der Waals surface area contributed by atoms with Gasteiger partial charge in [0.25, 0.3) is 0 Å². The van der Waals surface area contributed by atoms with Gasteiger partial charge in [0.1, 0.15) is 0 Å². The Hall–Kier alpha value is -2.99. The van der Waals surface area contributed by atoms with Gasteiger partial charge in [0, 0.05) is 24.9 Å². The molecule has 4 rings (SSSR count). The molecule has 1 atom stereocenters. The van der Waals surface area contributed by atoms with Gasteiger partial charge in [-0.15, -0.1) is 11.3 Å². The molecule has 142 valence electrons. The number of thiazole rings is 1. The van der Waals surface area contributed by atoms with Gasteiger partial charge >= 0.3 is 0 Å². The molecule has 28 heavy (non-hydrogen) atoms. The minimum Gasteiger partial charge on any atom is -0.338 e. The third kappa shape index (κ3) is 3.82. The van der Waals surface area contributed by atoms with Crippen molar-refractivity contribution in [2.75, 3.05) is 11.4 Å². The monoisotopic (exact) mass is 391 g/mol. The van der Waals surface area contributed by atoms with Gasteiger partial charge in [-0.1, -0.05) is 48.5 Å². The molecule has 1 aromatic heterocycles. The summed E-state index contributed by atoms with van der Waals surface area (Å²) in [7, 11) is 0. The lowest BCUT2D eigenvalue weighted by Crippen LogP contribution is -2.34. The average Bonchev–Trinajstić information content (AvgIpc) is 3.30. The molecular formula is C22H21N3O2S. The van der Waals surface area contributed by atoms with Crippen LogP contribution in [-0.4, -0.2) is 28.2 Å². The molecule has 0 radical (unpaired) electrons. The summed E-state index contributed by atoms with van der Waals surface area (Å²) in [6.45, 7) is 2.87. The van der Waals surface area contributed by atoms with Crippen LogP contribution in [0.4, 0.5) is 10.8 Å². The third-order valence-corrected chi connectivity index (χ3v) is 5.76. The topological polar surface area (TPSA) is 53.5 Å². The van der Waals surface area contributed by atoms with Gasteiger partial charge < -0.3 is 4.90 Å². The first kappa shape index (κ1) is 18.4. The van der Waals surface area contributed by atoms with Gasteiger partial charge in [-0.25, -0.2) is 4.98 Å². The number of likely N-dealkylation sites (tertiary alicyclic amines) is 1. The maximum absolute atomic E-state index is 13.4. The Bertz CT molecular complexity index is 972. The largest absolute Gasteiger partial charge is 0.338 e. The van der Waals surface area contributed by atoms with Crippen LogP contribution in [0.5, 0.6) is 0 Å². The minimum absolute atomic E-state index is 0.0190. The second-order valence-electron chi connectivity index (χ2n) is 6.94. The SMILES string of the molecule is Cc1csc(N(C(=O)C2CC(=O)N(Cc3ccccc3)C2)c2ccccc2)n1. The van der Waals surface area contributed by atoms with Crippen LogP contribution in [0.3, 0.4) is 0 Å². The van der Waals surface area contributed by atoms with E-state index in [0.717, 1.165) is 16.9 Å². The van der Waals surface area contributed by atoms with Crippen LogP contribution in [0.25, 0.3) is 0 Å². The fourth-order valence-electron chi connectivity index (χ4n) is 3.43. The normalized spacial score (nSPS) is 16.4. The number of hydrogen-bond acceptors (Lipinski definition) is 4. The molecule has 3 aromatic rings. The standard InChI is InChI=1S/C22H21N3O2S/c1-16-15-28-22(23-16)25(19-10-6-3-7-11-19)21(27)18-12-20(26)24(14-18)13-17-8-4-2-5-9-17/h2-11,15,18H,12-14H2,1H3. The second-order valence-corrected chi connectivity index (χ2v) is 7.78. The molecule has 5 nitrogen and oxygen atoms in total. The molecular weight excluding hydrogens is 370 g/mol. The lowest BCUT2D eigenvalue weighted by atomic mass is 10.1. The second kappa shape index (κ2) is 7.94. The molecule has 6 heteroatoms. The van der Waals surface area contributed by atoms with Gasteiger partial charge in [0.2, 0.25) is 11.8 Å². The van der Waals surface area contributed by atoms with Gasteiger partial charge in [-0.05, 0) is 24.6 Å². The molecule has 0 aliphatic carbocycles. The first-order chi connectivity index (χ1) is 13.6. The van der Waals surface area contributed by atoms with E-state index in [1.165, 1.54) is 11.3 Å². The van der Waals surface area contributed by atoms with Crippen molar-refractivity contribution in [3.63, 3.8) is 0 Å². The average molecular weight is 391 g/mol. The summed E-state index contributed by atoms with van der Waals surface area (Å²) in [4.78, 5) is 33.9. The number of amides is 2. The molecule has 1 aliphatic rings. The number of para-hydroxylation sites is 1. The molecule has 0 spiro atoms. The van der Waals surface area contributed by atoms with E-state index in [4.69, 9.17) is 0 Å². The van der Waals surface area contributed by atoms with Gasteiger partial charge in [0.05, 0.1) is 17.3 Å². The molecule has 2 heterocycles. The zero-order chi connectivity index (χ0) is 19.5. The van der Waals surface area contributed by atoms with Crippen LogP contribution in [0, 0.1) is 12.8 Å². The Kier molecular flexibility index (Phi) is 5.21. The zero-order valence-electron chi connectivity index (χ0n) is 15.6. The highest BCUT2D eigenvalue weighted by atomic mass is 32.1. The van der Waals surface area contributed by atoms with E-state index in [-0.39, 0.29) is 24.2 Å². The highest BCUT2D eigenvalue weighted by Gasteiger charge is 2.38. The summed E-state index contributed by atoms with van der Waals surface area (Å²) in [5, 5.41) is 2.57. The van der Waals surface area contributed by atoms with Crippen LogP contribution in [0.2, 0.25) is 0 Å². The Labute approximate surface area is 168 Å². The fourth-order valence-corrected chi connectivity index (χ4v) is 4.26. The van der Waals surface area contributed by atoms with Crippen molar-refractivity contribution in [2.45, 2.75) is 19.9 Å². The van der Waals surface area contributed by atoms with Crippen molar-refractivity contribution in [1.29, 1.82) is 0 Å². The van der Waals surface area contributed by atoms with Crippen molar-refractivity contribution in [2.24, 2.45) is 5.92 Å². The molecule has 1 unspecified atom stereocenters. The van der Waals surface area contributed by atoms with Crippen LogP contribution in [0.15, 0.2) is 66.0 Å². The number of nitrogens with zero attached hydrogens (tertiary/aromatic N) is 3. The van der Waals surface area contributed by atoms with Crippen molar-refractivity contribution < 1.29 is 9.59 Å². The van der Waals surface area contributed by atoms with Crippen LogP contribution in [0.1, 0.15) is 17.7 Å². The highest BCUT2D eigenvalue weighted by Crippen LogP contribution is 2.32. The van der Waals surface area contributed by atoms with Crippen LogP contribution in [-0.2, 0) is 16.1 Å². The fraction of sp³-hybridized carbons (Fsp3) is 0.227. The zero-order valence-corrected chi connectivity index (χ0v) is 16.4. The quantitative estimate of drug-likeness (QED) is 0.656. The van der Waals surface area contributed by atoms with E-state index in [1.807, 2.05) is 73.0 Å². The Morgan fingerprint density at radius 3 is 2.46 bits per heavy atom. The lowest BCUT2D eigenvalue weighted by Gasteiger charge is -2.23. The molecule has 1 saturated heterocycles. The summed E-state index contributed by atoms with van der Waals surface area (Å²) in [6, 6.07) is 19.4. The Morgan fingerprint density at radius 2 is 1.82 bits per heavy atom. The number of anilines is 2. The van der Waals surface area contributed by atoms with Crippen LogP contribution >= 0.6 is 11.3 Å². The van der Waals surface area contributed by atoms with E-state index < -0.39 is 0 Å². The van der Waals surface area contributed by atoms with Gasteiger partial charge in [-0.3, -0.25) is 14.5 Å². The number of hydrogen-bond donors (Lipinski definition) is 0. The molecule has 0 bridgehead atoms. The van der Waals surface area contributed by atoms with E-state index in [2.05, 4.69) is 4.98 Å². The van der Waals surface area contributed by atoms with Crippen molar-refractivity contribution in [3.05, 3.63) is 77.3 Å². The first-order valence-electron chi connectivity index (χ1n) is 9.24. The maximum Gasteiger partial charge on any atom is 0.238 e. The Balaban J connectivity index is 1.56. The molecule has 1 fully saturated rings. The minimum atomic E-state index is -0.374. The van der Waals surface area contributed by atoms with Crippen molar-refractivity contribution >= 4 is 34.0 Å². The number of aryl methyl sites for hydroxylation is 1. The number of carbonyl (C=O) groups is 2. The smallest absolute Gasteiger partial charge is 0.238 e. The Morgan fingerprint density at radius 1 is 1.14 bits per heavy atom. The molecule has 2 aromatic carbocycles. The molecule has 2 amide bonds. The molecule has 0 saturated carbocycles. The number of carbonyl (C=O) groups excluding carboxylic acids is 2. The summed E-state index contributed by atoms with van der Waals surface area (Å²) < 4.78 is 0. The van der Waals surface area contributed by atoms with E-state index in [1.54, 1.807) is 9.80 Å². The molecule has 1 aliphatic heterocycles. The first-order valence-corrected chi connectivity index (χ1v) is 10.1. The van der Waals surface area contributed by atoms with Gasteiger partial charge in [0.15, 0.2) is 5.13 Å². The van der Waals surface area contributed by atoms with Gasteiger partial charge in [-0.2, -0.15) is 0 Å². The predicted octanol–water partition coefficient (Wildman–Crippen LogP) is 4.16. The summed E-state index contributed by atoms with van der Waals surface area (Å²) in [6.07, 6.45) is 0.235. The van der Waals surface area contributed by atoms with Crippen molar-refractivity contribution in [3.8, 4) is 0 Å². The molecule has 0 N–H and O–H groups in total. The number of benzene rings is 2. The van der Waals surface area contributed by atoms with Crippen molar-refractivity contribution in [1.82, 2.24) is 9.88 Å². The summed E-state index contributed by atoms with van der Waals surface area (Å²) in [5.41, 5.74) is 2.72. The lowest BCUT2D eigenvalue weighted by molar-refractivity contribution is -0.128. The third-order valence-electron chi connectivity index (χ3n) is 4.81. The van der Waals surface area contributed by atoms with E-state index in [0.29, 0.717) is 18.2 Å².